The molecule has 1 heterocycles. The zero-order chi connectivity index (χ0) is 12.8. The molecule has 0 aliphatic carbocycles. The molecule has 0 bridgehead atoms. The Kier molecular flexibility index (Phi) is 3.86. The molecule has 0 radical (unpaired) electrons. The predicted molar refractivity (Wildman–Crippen MR) is 67.6 cm³/mol. The molecule has 2 amide bonds. The average molecular weight is 246 g/mol. The van der Waals surface area contributed by atoms with Crippen LogP contribution in [0.15, 0.2) is 47.1 Å². The molecule has 0 saturated heterocycles. The largest absolute Gasteiger partial charge is 0.497 e. The van der Waals surface area contributed by atoms with Crippen molar-refractivity contribution in [2.24, 2.45) is 0 Å². The molecule has 2 aromatic rings. The van der Waals surface area contributed by atoms with Crippen LogP contribution in [0.1, 0.15) is 5.76 Å². The van der Waals surface area contributed by atoms with Crippen LogP contribution in [0.2, 0.25) is 0 Å². The number of amides is 2. The fourth-order valence-electron chi connectivity index (χ4n) is 1.43. The first kappa shape index (κ1) is 12.0. The molecule has 2 N–H and O–H groups in total. The normalized spacial score (nSPS) is 9.83. The summed E-state index contributed by atoms with van der Waals surface area (Å²) in [6.45, 7) is 0.356. The number of rotatable bonds is 4. The number of ether oxygens (including phenoxy) is 1. The van der Waals surface area contributed by atoms with E-state index in [2.05, 4.69) is 10.6 Å². The summed E-state index contributed by atoms with van der Waals surface area (Å²) < 4.78 is 10.1. The molecule has 0 aliphatic rings. The van der Waals surface area contributed by atoms with Gasteiger partial charge >= 0.3 is 6.03 Å². The predicted octanol–water partition coefficient (Wildman–Crippen LogP) is 2.61. The minimum absolute atomic E-state index is 0.281. The summed E-state index contributed by atoms with van der Waals surface area (Å²) in [6, 6.07) is 10.4. The first-order valence-corrected chi connectivity index (χ1v) is 5.49. The van der Waals surface area contributed by atoms with Crippen molar-refractivity contribution < 1.29 is 13.9 Å². The summed E-state index contributed by atoms with van der Waals surface area (Å²) >= 11 is 0. The highest BCUT2D eigenvalue weighted by molar-refractivity contribution is 5.89. The molecule has 94 valence electrons. The number of hydrogen-bond acceptors (Lipinski definition) is 3. The van der Waals surface area contributed by atoms with Crippen molar-refractivity contribution in [3.8, 4) is 5.75 Å². The number of benzene rings is 1. The van der Waals surface area contributed by atoms with Crippen LogP contribution in [0.5, 0.6) is 5.75 Å². The van der Waals surface area contributed by atoms with Gasteiger partial charge in [-0.25, -0.2) is 4.79 Å². The lowest BCUT2D eigenvalue weighted by molar-refractivity contribution is 0.251. The van der Waals surface area contributed by atoms with Crippen LogP contribution in [-0.4, -0.2) is 13.1 Å². The summed E-state index contributed by atoms with van der Waals surface area (Å²) in [7, 11) is 1.60. The van der Waals surface area contributed by atoms with Crippen LogP contribution in [-0.2, 0) is 6.54 Å². The Morgan fingerprint density at radius 1 is 1.28 bits per heavy atom. The smallest absolute Gasteiger partial charge is 0.319 e. The Morgan fingerprint density at radius 3 is 2.67 bits per heavy atom. The molecule has 0 spiro atoms. The Bertz CT molecular complexity index is 491. The molecule has 5 nitrogen and oxygen atoms in total. The zero-order valence-corrected chi connectivity index (χ0v) is 9.97. The maximum absolute atomic E-state index is 11.6. The van der Waals surface area contributed by atoms with E-state index in [4.69, 9.17) is 9.15 Å². The average Bonchev–Trinajstić information content (AvgIpc) is 2.90. The summed E-state index contributed by atoms with van der Waals surface area (Å²) in [5.41, 5.74) is 0.702. The topological polar surface area (TPSA) is 63.5 Å². The molecule has 18 heavy (non-hydrogen) atoms. The van der Waals surface area contributed by atoms with E-state index in [0.717, 1.165) is 5.75 Å². The van der Waals surface area contributed by atoms with E-state index in [0.29, 0.717) is 18.0 Å². The third-order valence-corrected chi connectivity index (χ3v) is 2.35. The van der Waals surface area contributed by atoms with E-state index < -0.39 is 0 Å². The highest BCUT2D eigenvalue weighted by Gasteiger charge is 2.02. The standard InChI is InChI=1S/C13H14N2O3/c1-17-11-6-4-10(5-7-11)15-13(16)14-9-12-3-2-8-18-12/h2-8H,9H2,1H3,(H2,14,15,16). The van der Waals surface area contributed by atoms with Crippen molar-refractivity contribution in [2.45, 2.75) is 6.54 Å². The van der Waals surface area contributed by atoms with E-state index in [9.17, 15) is 4.79 Å². The Labute approximate surface area is 105 Å². The molecule has 1 aromatic heterocycles. The third-order valence-electron chi connectivity index (χ3n) is 2.35. The van der Waals surface area contributed by atoms with Gasteiger partial charge in [-0.2, -0.15) is 0 Å². The van der Waals surface area contributed by atoms with Crippen molar-refractivity contribution in [1.29, 1.82) is 0 Å². The van der Waals surface area contributed by atoms with Gasteiger partial charge in [0.25, 0.3) is 0 Å². The summed E-state index contributed by atoms with van der Waals surface area (Å²) in [4.78, 5) is 11.6. The van der Waals surface area contributed by atoms with Gasteiger partial charge in [0.1, 0.15) is 11.5 Å². The number of carbonyl (C=O) groups excluding carboxylic acids is 1. The van der Waals surface area contributed by atoms with E-state index >= 15 is 0 Å². The fraction of sp³-hybridized carbons (Fsp3) is 0.154. The van der Waals surface area contributed by atoms with Crippen LogP contribution in [0, 0.1) is 0 Å². The van der Waals surface area contributed by atoms with E-state index in [1.165, 1.54) is 0 Å². The van der Waals surface area contributed by atoms with E-state index in [1.807, 2.05) is 0 Å². The molecule has 0 atom stereocenters. The second-order valence-corrected chi connectivity index (χ2v) is 3.62. The van der Waals surface area contributed by atoms with Gasteiger partial charge in [-0.05, 0) is 36.4 Å². The fourth-order valence-corrected chi connectivity index (χ4v) is 1.43. The number of anilines is 1. The van der Waals surface area contributed by atoms with Gasteiger partial charge in [0.05, 0.1) is 19.9 Å². The molecule has 0 unspecified atom stereocenters. The third kappa shape index (κ3) is 3.28. The van der Waals surface area contributed by atoms with Crippen molar-refractivity contribution in [2.75, 3.05) is 12.4 Å². The van der Waals surface area contributed by atoms with Crippen molar-refractivity contribution in [3.05, 3.63) is 48.4 Å². The van der Waals surface area contributed by atoms with Crippen molar-refractivity contribution >= 4 is 11.7 Å². The lowest BCUT2D eigenvalue weighted by Gasteiger charge is -2.07. The van der Waals surface area contributed by atoms with E-state index in [-0.39, 0.29) is 6.03 Å². The van der Waals surface area contributed by atoms with Crippen LogP contribution in [0.3, 0.4) is 0 Å². The number of methoxy groups -OCH3 is 1. The monoisotopic (exact) mass is 246 g/mol. The molecule has 2 rings (SSSR count). The Morgan fingerprint density at radius 2 is 2.06 bits per heavy atom. The van der Waals surface area contributed by atoms with Gasteiger partial charge in [-0.1, -0.05) is 0 Å². The summed E-state index contributed by atoms with van der Waals surface area (Å²) in [5, 5.41) is 5.40. The molecular formula is C13H14N2O3. The lowest BCUT2D eigenvalue weighted by Crippen LogP contribution is -2.27. The van der Waals surface area contributed by atoms with Crippen molar-refractivity contribution in [1.82, 2.24) is 5.32 Å². The van der Waals surface area contributed by atoms with Crippen LogP contribution in [0.25, 0.3) is 0 Å². The number of furan rings is 1. The quantitative estimate of drug-likeness (QED) is 0.871. The van der Waals surface area contributed by atoms with Gasteiger partial charge < -0.3 is 19.8 Å². The number of carbonyl (C=O) groups is 1. The lowest BCUT2D eigenvalue weighted by atomic mass is 10.3. The number of hydrogen-bond donors (Lipinski definition) is 2. The van der Waals surface area contributed by atoms with Gasteiger partial charge in [0, 0.05) is 5.69 Å². The maximum Gasteiger partial charge on any atom is 0.319 e. The van der Waals surface area contributed by atoms with E-state index in [1.54, 1.807) is 49.8 Å². The SMILES string of the molecule is COc1ccc(NC(=O)NCc2ccco2)cc1. The summed E-state index contributed by atoms with van der Waals surface area (Å²) in [5.74, 6) is 1.46. The minimum Gasteiger partial charge on any atom is -0.497 e. The van der Waals surface area contributed by atoms with Crippen molar-refractivity contribution in [3.63, 3.8) is 0 Å². The molecule has 5 heteroatoms. The first-order chi connectivity index (χ1) is 8.78. The van der Waals surface area contributed by atoms with Crippen LogP contribution >= 0.6 is 0 Å². The molecule has 0 saturated carbocycles. The second-order valence-electron chi connectivity index (χ2n) is 3.62. The zero-order valence-electron chi connectivity index (χ0n) is 9.97. The molecule has 1 aromatic carbocycles. The summed E-state index contributed by atoms with van der Waals surface area (Å²) in [6.07, 6.45) is 1.57. The van der Waals surface area contributed by atoms with Gasteiger partial charge in [0.2, 0.25) is 0 Å². The van der Waals surface area contributed by atoms with Crippen LogP contribution < -0.4 is 15.4 Å². The Hall–Kier alpha value is -2.43. The first-order valence-electron chi connectivity index (χ1n) is 5.49. The van der Waals surface area contributed by atoms with Gasteiger partial charge in [0.15, 0.2) is 0 Å². The number of urea groups is 1. The molecule has 0 aliphatic heterocycles. The molecular weight excluding hydrogens is 232 g/mol. The van der Waals surface area contributed by atoms with Crippen LogP contribution in [0.4, 0.5) is 10.5 Å². The highest BCUT2D eigenvalue weighted by Crippen LogP contribution is 2.14. The second kappa shape index (κ2) is 5.77. The van der Waals surface area contributed by atoms with Gasteiger partial charge in [-0.3, -0.25) is 0 Å². The highest BCUT2D eigenvalue weighted by atomic mass is 16.5. The number of nitrogens with one attached hydrogen (secondary N) is 2. The maximum atomic E-state index is 11.6. The van der Waals surface area contributed by atoms with Gasteiger partial charge in [-0.15, -0.1) is 0 Å². The minimum atomic E-state index is -0.281. The Balaban J connectivity index is 1.83. The molecule has 0 fully saturated rings.